The van der Waals surface area contributed by atoms with Crippen LogP contribution < -0.4 is 10.6 Å². The monoisotopic (exact) mass is 186 g/mol. The summed E-state index contributed by atoms with van der Waals surface area (Å²) in [7, 11) is 0. The summed E-state index contributed by atoms with van der Waals surface area (Å²) < 4.78 is 0. The van der Waals surface area contributed by atoms with E-state index in [1.807, 2.05) is 0 Å². The van der Waals surface area contributed by atoms with Crippen LogP contribution >= 0.6 is 0 Å². The van der Waals surface area contributed by atoms with E-state index in [1.54, 1.807) is 0 Å². The van der Waals surface area contributed by atoms with Gasteiger partial charge in [-0.15, -0.1) is 0 Å². The zero-order valence-corrected chi connectivity index (χ0v) is 8.73. The lowest BCUT2D eigenvalue weighted by Gasteiger charge is -2.18. The van der Waals surface area contributed by atoms with E-state index in [-0.39, 0.29) is 23.8 Å². The zero-order valence-electron chi connectivity index (χ0n) is 8.73. The third-order valence-electron chi connectivity index (χ3n) is 1.26. The van der Waals surface area contributed by atoms with Crippen molar-refractivity contribution < 1.29 is 9.59 Å². The fraction of sp³-hybridized carbons (Fsp3) is 0.778. The van der Waals surface area contributed by atoms with Gasteiger partial charge in [0.2, 0.25) is 11.8 Å². The largest absolute Gasteiger partial charge is 0.308 e. The van der Waals surface area contributed by atoms with Crippen molar-refractivity contribution in [2.45, 2.75) is 27.7 Å². The van der Waals surface area contributed by atoms with E-state index >= 15 is 0 Å². The standard InChI is InChI=1S/C9H18N2O2/c1-7(12)11-8(13)5-10-6-9(2,3)4/h10H,5-6H2,1-4H3,(H,11,12,13). The minimum absolute atomic E-state index is 0.149. The van der Waals surface area contributed by atoms with E-state index in [0.717, 1.165) is 6.54 Å². The van der Waals surface area contributed by atoms with E-state index in [1.165, 1.54) is 6.92 Å². The number of carbonyl (C=O) groups excluding carboxylic acids is 2. The number of rotatable bonds is 3. The highest BCUT2D eigenvalue weighted by Gasteiger charge is 2.10. The van der Waals surface area contributed by atoms with Gasteiger partial charge in [0.1, 0.15) is 0 Å². The minimum atomic E-state index is -0.317. The number of amides is 2. The molecule has 0 aromatic heterocycles. The molecule has 0 atom stereocenters. The van der Waals surface area contributed by atoms with Crippen molar-refractivity contribution in [2.75, 3.05) is 13.1 Å². The maximum atomic E-state index is 10.9. The first kappa shape index (κ1) is 12.1. The average Bonchev–Trinajstić information content (AvgIpc) is 1.81. The molecule has 13 heavy (non-hydrogen) atoms. The van der Waals surface area contributed by atoms with Crippen LogP contribution in [0.25, 0.3) is 0 Å². The summed E-state index contributed by atoms with van der Waals surface area (Å²) in [5.41, 5.74) is 0.149. The molecule has 0 bridgehead atoms. The first-order valence-electron chi connectivity index (χ1n) is 4.32. The van der Waals surface area contributed by atoms with E-state index < -0.39 is 0 Å². The van der Waals surface area contributed by atoms with Crippen LogP contribution in [0.15, 0.2) is 0 Å². The topological polar surface area (TPSA) is 58.2 Å². The SMILES string of the molecule is CC(=O)NC(=O)CNCC(C)(C)C. The number of hydrogen-bond acceptors (Lipinski definition) is 3. The lowest BCUT2D eigenvalue weighted by Crippen LogP contribution is -2.39. The smallest absolute Gasteiger partial charge is 0.240 e. The Hall–Kier alpha value is -0.900. The molecular weight excluding hydrogens is 168 g/mol. The molecule has 0 aliphatic heterocycles. The molecule has 4 nitrogen and oxygen atoms in total. The molecule has 0 radical (unpaired) electrons. The minimum Gasteiger partial charge on any atom is -0.308 e. The van der Waals surface area contributed by atoms with Crippen molar-refractivity contribution >= 4 is 11.8 Å². The van der Waals surface area contributed by atoms with Crippen LogP contribution in [0.2, 0.25) is 0 Å². The lowest BCUT2D eigenvalue weighted by atomic mass is 9.97. The Kier molecular flexibility index (Phi) is 4.62. The van der Waals surface area contributed by atoms with Gasteiger partial charge in [-0.05, 0) is 5.41 Å². The number of imide groups is 1. The molecule has 0 aromatic rings. The molecule has 2 amide bonds. The predicted molar refractivity (Wildman–Crippen MR) is 51.1 cm³/mol. The highest BCUT2D eigenvalue weighted by Crippen LogP contribution is 2.09. The van der Waals surface area contributed by atoms with E-state index in [0.29, 0.717) is 0 Å². The molecule has 0 spiro atoms. The first-order chi connectivity index (χ1) is 5.81. The molecule has 0 fully saturated rings. The quantitative estimate of drug-likeness (QED) is 0.666. The Morgan fingerprint density at radius 3 is 2.15 bits per heavy atom. The van der Waals surface area contributed by atoms with Crippen LogP contribution in [0.5, 0.6) is 0 Å². The van der Waals surface area contributed by atoms with Crippen LogP contribution in [0.3, 0.4) is 0 Å². The maximum absolute atomic E-state index is 10.9. The first-order valence-corrected chi connectivity index (χ1v) is 4.32. The molecule has 0 aliphatic rings. The third kappa shape index (κ3) is 9.01. The summed E-state index contributed by atoms with van der Waals surface area (Å²) in [6.45, 7) is 8.48. The normalized spacial score (nSPS) is 11.1. The second-order valence-electron chi connectivity index (χ2n) is 4.27. The van der Waals surface area contributed by atoms with Crippen molar-refractivity contribution in [1.29, 1.82) is 0 Å². The fourth-order valence-corrected chi connectivity index (χ4v) is 0.792. The molecular formula is C9H18N2O2. The van der Waals surface area contributed by atoms with Gasteiger partial charge >= 0.3 is 0 Å². The molecule has 0 saturated heterocycles. The van der Waals surface area contributed by atoms with E-state index in [2.05, 4.69) is 31.4 Å². The van der Waals surface area contributed by atoms with Crippen LogP contribution in [0.1, 0.15) is 27.7 Å². The Morgan fingerprint density at radius 1 is 1.23 bits per heavy atom. The van der Waals surface area contributed by atoms with Gasteiger partial charge in [0, 0.05) is 13.5 Å². The van der Waals surface area contributed by atoms with Gasteiger partial charge < -0.3 is 5.32 Å². The summed E-state index contributed by atoms with van der Waals surface area (Å²) >= 11 is 0. The van der Waals surface area contributed by atoms with Gasteiger partial charge in [-0.2, -0.15) is 0 Å². The van der Waals surface area contributed by atoms with Crippen LogP contribution in [-0.4, -0.2) is 24.9 Å². The van der Waals surface area contributed by atoms with Crippen molar-refractivity contribution in [3.63, 3.8) is 0 Å². The Balaban J connectivity index is 3.54. The Bertz CT molecular complexity index is 194. The number of carbonyl (C=O) groups is 2. The van der Waals surface area contributed by atoms with Gasteiger partial charge in [-0.25, -0.2) is 0 Å². The summed E-state index contributed by atoms with van der Waals surface area (Å²) in [6.07, 6.45) is 0. The second-order valence-corrected chi connectivity index (χ2v) is 4.27. The van der Waals surface area contributed by atoms with Crippen molar-refractivity contribution in [3.05, 3.63) is 0 Å². The maximum Gasteiger partial charge on any atom is 0.240 e. The molecule has 0 heterocycles. The highest BCUT2D eigenvalue weighted by atomic mass is 16.2. The number of nitrogens with one attached hydrogen (secondary N) is 2. The van der Waals surface area contributed by atoms with E-state index in [9.17, 15) is 9.59 Å². The third-order valence-corrected chi connectivity index (χ3v) is 1.26. The average molecular weight is 186 g/mol. The van der Waals surface area contributed by atoms with Gasteiger partial charge in [0.15, 0.2) is 0 Å². The summed E-state index contributed by atoms with van der Waals surface area (Å²) in [5, 5.41) is 5.15. The van der Waals surface area contributed by atoms with Crippen LogP contribution in [-0.2, 0) is 9.59 Å². The molecule has 76 valence electrons. The Morgan fingerprint density at radius 2 is 1.77 bits per heavy atom. The fourth-order valence-electron chi connectivity index (χ4n) is 0.792. The van der Waals surface area contributed by atoms with Crippen LogP contribution in [0.4, 0.5) is 0 Å². The van der Waals surface area contributed by atoms with E-state index in [4.69, 9.17) is 0 Å². The molecule has 0 aromatic carbocycles. The van der Waals surface area contributed by atoms with Crippen molar-refractivity contribution in [2.24, 2.45) is 5.41 Å². The van der Waals surface area contributed by atoms with Crippen LogP contribution in [0, 0.1) is 5.41 Å². The molecule has 0 saturated carbocycles. The van der Waals surface area contributed by atoms with Gasteiger partial charge in [0.05, 0.1) is 6.54 Å². The predicted octanol–water partition coefficient (Wildman–Crippen LogP) is 0.285. The zero-order chi connectivity index (χ0) is 10.5. The highest BCUT2D eigenvalue weighted by molar-refractivity contribution is 5.94. The van der Waals surface area contributed by atoms with Gasteiger partial charge in [0.25, 0.3) is 0 Å². The second kappa shape index (κ2) is 4.97. The van der Waals surface area contributed by atoms with Gasteiger partial charge in [-0.1, -0.05) is 20.8 Å². The Labute approximate surface area is 79.1 Å². The molecule has 2 N–H and O–H groups in total. The molecule has 4 heteroatoms. The summed E-state index contributed by atoms with van der Waals surface area (Å²) in [4.78, 5) is 21.4. The summed E-state index contributed by atoms with van der Waals surface area (Å²) in [5.74, 6) is -0.598. The number of hydrogen-bond donors (Lipinski definition) is 2. The lowest BCUT2D eigenvalue weighted by molar-refractivity contribution is -0.128. The molecule has 0 aliphatic carbocycles. The van der Waals surface area contributed by atoms with Crippen molar-refractivity contribution in [1.82, 2.24) is 10.6 Å². The van der Waals surface area contributed by atoms with Crippen molar-refractivity contribution in [3.8, 4) is 0 Å². The molecule has 0 rings (SSSR count). The summed E-state index contributed by atoms with van der Waals surface area (Å²) in [6, 6.07) is 0. The van der Waals surface area contributed by atoms with Gasteiger partial charge in [-0.3, -0.25) is 14.9 Å². The molecule has 0 unspecified atom stereocenters.